The van der Waals surface area contributed by atoms with E-state index in [0.29, 0.717) is 23.1 Å². The molecule has 0 unspecified atom stereocenters. The van der Waals surface area contributed by atoms with Crippen LogP contribution in [0.4, 0.5) is 5.69 Å². The second-order valence-corrected chi connectivity index (χ2v) is 9.99. The van der Waals surface area contributed by atoms with E-state index in [4.69, 9.17) is 4.74 Å². The summed E-state index contributed by atoms with van der Waals surface area (Å²) in [6, 6.07) is 25.8. The van der Waals surface area contributed by atoms with Crippen molar-refractivity contribution in [2.45, 2.75) is 12.8 Å². The average Bonchev–Trinajstić information content (AvgIpc) is 3.50. The van der Waals surface area contributed by atoms with Crippen molar-refractivity contribution in [2.75, 3.05) is 31.2 Å². The van der Waals surface area contributed by atoms with Crippen molar-refractivity contribution in [3.05, 3.63) is 123 Å². The monoisotopic (exact) mass is 509 g/mol. The Morgan fingerprint density at radius 3 is 1.76 bits per heavy atom. The summed E-state index contributed by atoms with van der Waals surface area (Å²) in [5.74, 6) is 0.0280. The molecule has 1 aliphatic rings. The van der Waals surface area contributed by atoms with Gasteiger partial charge in [0.2, 0.25) is 0 Å². The highest BCUT2D eigenvalue weighted by atomic mass is 32.1. The summed E-state index contributed by atoms with van der Waals surface area (Å²) in [6.07, 6.45) is 0.589. The molecule has 0 spiro atoms. The van der Waals surface area contributed by atoms with Crippen molar-refractivity contribution in [1.29, 1.82) is 0 Å². The first kappa shape index (κ1) is 24.8. The minimum atomic E-state index is -0.0901. The number of hydrogen-bond donors (Lipinski definition) is 0. The Bertz CT molecular complexity index is 1370. The molecule has 0 radical (unpaired) electrons. The van der Waals surface area contributed by atoms with E-state index in [0.717, 1.165) is 48.0 Å². The van der Waals surface area contributed by atoms with Crippen molar-refractivity contribution >= 4 is 34.4 Å². The second-order valence-electron chi connectivity index (χ2n) is 9.05. The Balaban J connectivity index is 1.18. The number of thiophene rings is 1. The molecule has 1 fully saturated rings. The predicted octanol–water partition coefficient (Wildman–Crippen LogP) is 5.67. The van der Waals surface area contributed by atoms with E-state index in [9.17, 15) is 14.4 Å². The summed E-state index contributed by atoms with van der Waals surface area (Å²) < 4.78 is 5.40. The van der Waals surface area contributed by atoms with E-state index in [2.05, 4.69) is 4.90 Å². The van der Waals surface area contributed by atoms with Gasteiger partial charge in [-0.05, 0) is 46.8 Å². The number of Topliss-reactive ketones (excluding diaryl/α,β-unsaturated/α-hetero) is 2. The Labute approximate surface area is 220 Å². The molecule has 0 bridgehead atoms. The molecule has 186 valence electrons. The number of anilines is 1. The van der Waals surface area contributed by atoms with Crippen LogP contribution >= 0.6 is 11.3 Å². The molecule has 0 aliphatic carbocycles. The van der Waals surface area contributed by atoms with Gasteiger partial charge in [0.05, 0.1) is 18.1 Å². The van der Waals surface area contributed by atoms with E-state index < -0.39 is 0 Å². The highest BCUT2D eigenvalue weighted by Crippen LogP contribution is 2.19. The van der Waals surface area contributed by atoms with Crippen molar-refractivity contribution < 1.29 is 19.1 Å². The molecule has 2 heterocycles. The third kappa shape index (κ3) is 6.10. The molecular formula is C31H27NO4S. The van der Waals surface area contributed by atoms with Crippen LogP contribution in [0, 0.1) is 0 Å². The van der Waals surface area contributed by atoms with Gasteiger partial charge in [-0.25, -0.2) is 0 Å². The Morgan fingerprint density at radius 1 is 0.676 bits per heavy atom. The first-order valence-electron chi connectivity index (χ1n) is 12.3. The predicted molar refractivity (Wildman–Crippen MR) is 146 cm³/mol. The van der Waals surface area contributed by atoms with Gasteiger partial charge in [-0.1, -0.05) is 54.6 Å². The van der Waals surface area contributed by atoms with Crippen LogP contribution in [0.3, 0.4) is 0 Å². The van der Waals surface area contributed by atoms with Crippen LogP contribution in [0.2, 0.25) is 0 Å². The number of carbonyl (C=O) groups excluding carboxylic acids is 3. The van der Waals surface area contributed by atoms with E-state index >= 15 is 0 Å². The smallest absolute Gasteiger partial charge is 0.193 e. The number of benzene rings is 3. The third-order valence-corrected chi connectivity index (χ3v) is 7.43. The molecule has 1 saturated heterocycles. The lowest BCUT2D eigenvalue weighted by atomic mass is 9.97. The quantitative estimate of drug-likeness (QED) is 0.272. The molecule has 3 aromatic carbocycles. The number of carbonyl (C=O) groups is 3. The summed E-state index contributed by atoms with van der Waals surface area (Å²) in [7, 11) is 0. The largest absolute Gasteiger partial charge is 0.378 e. The Kier molecular flexibility index (Phi) is 7.68. The minimum Gasteiger partial charge on any atom is -0.378 e. The maximum absolute atomic E-state index is 12.9. The summed E-state index contributed by atoms with van der Waals surface area (Å²) in [6.45, 7) is 3.17. The minimum absolute atomic E-state index is 0.0419. The standard InChI is InChI=1S/C31H27NO4S/c33-28(24-11-13-27(14-12-24)32-15-17-36-18-16-32)20-22-3-7-25(8-4-22)31(35)26-9-5-23(6-10-26)21-29(34)30-2-1-19-37-30/h1-14,19H,15-18,20-21H2. The average molecular weight is 510 g/mol. The molecule has 0 N–H and O–H groups in total. The van der Waals surface area contributed by atoms with Gasteiger partial charge in [0.1, 0.15) is 0 Å². The fourth-order valence-corrected chi connectivity index (χ4v) is 5.06. The number of morpholine rings is 1. The maximum Gasteiger partial charge on any atom is 0.193 e. The van der Waals surface area contributed by atoms with Gasteiger partial charge in [-0.3, -0.25) is 14.4 Å². The molecule has 5 nitrogen and oxygen atoms in total. The second kappa shape index (κ2) is 11.5. The highest BCUT2D eigenvalue weighted by Gasteiger charge is 2.14. The molecule has 4 aromatic rings. The summed E-state index contributed by atoms with van der Waals surface area (Å²) in [5.41, 5.74) is 4.65. The van der Waals surface area contributed by atoms with E-state index in [1.807, 2.05) is 66.0 Å². The number of nitrogens with zero attached hydrogens (tertiary/aromatic N) is 1. The van der Waals surface area contributed by atoms with Gasteiger partial charge in [0.15, 0.2) is 17.3 Å². The molecule has 37 heavy (non-hydrogen) atoms. The van der Waals surface area contributed by atoms with Gasteiger partial charge >= 0.3 is 0 Å². The Morgan fingerprint density at radius 2 is 1.22 bits per heavy atom. The van der Waals surface area contributed by atoms with E-state index in [1.165, 1.54) is 11.3 Å². The molecule has 0 atom stereocenters. The van der Waals surface area contributed by atoms with Crippen LogP contribution in [0.1, 0.15) is 47.1 Å². The maximum atomic E-state index is 12.9. The molecule has 6 heteroatoms. The third-order valence-electron chi connectivity index (χ3n) is 6.52. The first-order chi connectivity index (χ1) is 18.1. The lowest BCUT2D eigenvalue weighted by Gasteiger charge is -2.28. The van der Waals surface area contributed by atoms with Crippen LogP contribution in [-0.4, -0.2) is 43.7 Å². The molecule has 1 aliphatic heterocycles. The van der Waals surface area contributed by atoms with Crippen LogP contribution < -0.4 is 4.90 Å². The van der Waals surface area contributed by atoms with Crippen LogP contribution in [-0.2, 0) is 17.6 Å². The lowest BCUT2D eigenvalue weighted by molar-refractivity contribution is 0.0986. The van der Waals surface area contributed by atoms with Gasteiger partial charge in [-0.2, -0.15) is 0 Å². The topological polar surface area (TPSA) is 63.7 Å². The number of ether oxygens (including phenoxy) is 1. The van der Waals surface area contributed by atoms with Crippen molar-refractivity contribution in [3.63, 3.8) is 0 Å². The fraction of sp³-hybridized carbons (Fsp3) is 0.194. The van der Waals surface area contributed by atoms with Gasteiger partial charge in [-0.15, -0.1) is 11.3 Å². The zero-order valence-corrected chi connectivity index (χ0v) is 21.2. The highest BCUT2D eigenvalue weighted by molar-refractivity contribution is 7.12. The molecule has 1 aromatic heterocycles. The number of ketones is 3. The van der Waals surface area contributed by atoms with Crippen LogP contribution in [0.25, 0.3) is 0 Å². The molecular weight excluding hydrogens is 482 g/mol. The fourth-order valence-electron chi connectivity index (χ4n) is 4.39. The van der Waals surface area contributed by atoms with Gasteiger partial charge in [0.25, 0.3) is 0 Å². The number of hydrogen-bond acceptors (Lipinski definition) is 6. The van der Waals surface area contributed by atoms with Crippen LogP contribution in [0.15, 0.2) is 90.3 Å². The molecule has 5 rings (SSSR count). The SMILES string of the molecule is O=C(Cc1ccc(C(=O)c2ccc(CC(=O)c3cccs3)cc2)cc1)c1ccc(N2CCOCC2)cc1. The zero-order valence-electron chi connectivity index (χ0n) is 20.4. The molecule has 0 amide bonds. The summed E-state index contributed by atoms with van der Waals surface area (Å²) >= 11 is 1.43. The number of rotatable bonds is 9. The lowest BCUT2D eigenvalue weighted by Crippen LogP contribution is -2.36. The summed E-state index contributed by atoms with van der Waals surface area (Å²) in [5, 5.41) is 1.89. The van der Waals surface area contributed by atoms with Crippen molar-refractivity contribution in [3.8, 4) is 0 Å². The summed E-state index contributed by atoms with van der Waals surface area (Å²) in [4.78, 5) is 41.0. The van der Waals surface area contributed by atoms with Gasteiger partial charge < -0.3 is 9.64 Å². The zero-order chi connectivity index (χ0) is 25.6. The van der Waals surface area contributed by atoms with Crippen LogP contribution in [0.5, 0.6) is 0 Å². The van der Waals surface area contributed by atoms with Gasteiger partial charge in [0, 0.05) is 48.3 Å². The van der Waals surface area contributed by atoms with E-state index in [-0.39, 0.29) is 23.8 Å². The first-order valence-corrected chi connectivity index (χ1v) is 13.2. The van der Waals surface area contributed by atoms with Crippen molar-refractivity contribution in [2.24, 2.45) is 0 Å². The van der Waals surface area contributed by atoms with E-state index in [1.54, 1.807) is 24.3 Å². The Hall–Kier alpha value is -3.87. The normalized spacial score (nSPS) is 13.4. The molecule has 0 saturated carbocycles. The van der Waals surface area contributed by atoms with Crippen molar-refractivity contribution in [1.82, 2.24) is 0 Å².